The molecule has 46 heavy (non-hydrogen) atoms. The molecule has 6 rings (SSSR count). The van der Waals surface area contributed by atoms with Gasteiger partial charge in [-0.1, -0.05) is 30.3 Å². The Morgan fingerprint density at radius 1 is 0.870 bits per heavy atom. The summed E-state index contributed by atoms with van der Waals surface area (Å²) in [6, 6.07) is 9.91. The van der Waals surface area contributed by atoms with Gasteiger partial charge in [0.25, 0.3) is 11.8 Å². The van der Waals surface area contributed by atoms with E-state index in [2.05, 4.69) is 14.9 Å². The Labute approximate surface area is 262 Å². The normalized spacial score (nSPS) is 24.1. The van der Waals surface area contributed by atoms with Crippen molar-refractivity contribution >= 4 is 11.8 Å². The highest BCUT2D eigenvalue weighted by atomic mass is 19.4. The summed E-state index contributed by atoms with van der Waals surface area (Å²) in [5, 5.41) is 0. The highest BCUT2D eigenvalue weighted by Gasteiger charge is 2.50. The fourth-order valence-corrected chi connectivity index (χ4v) is 7.38. The van der Waals surface area contributed by atoms with E-state index in [-0.39, 0.29) is 30.1 Å². The summed E-state index contributed by atoms with van der Waals surface area (Å²) in [5.74, 6) is -1.01. The standard InChI is InChI=1S/C33H33F6N5O2/c34-32(35,36)24-16-23(17-25(18-24)33(37,38)39)29(45)43-13-7-26(19-27(43)15-22-5-2-1-3-6-22)42-14-9-31(21-42)8-4-12-44(31)30(46)28-20-40-10-11-41-28/h1-3,5-6,10-11,16-18,20,26-27H,4,7-9,12-15,19,21H2. The molecule has 4 heterocycles. The first-order valence-corrected chi connectivity index (χ1v) is 15.3. The lowest BCUT2D eigenvalue weighted by molar-refractivity contribution is -0.143. The molecule has 0 bridgehead atoms. The third kappa shape index (κ3) is 6.47. The maximum Gasteiger partial charge on any atom is 0.416 e. The zero-order valence-electron chi connectivity index (χ0n) is 24.9. The van der Waals surface area contributed by atoms with Crippen molar-refractivity contribution in [1.29, 1.82) is 0 Å². The maximum atomic E-state index is 13.8. The van der Waals surface area contributed by atoms with E-state index in [0.717, 1.165) is 31.4 Å². The van der Waals surface area contributed by atoms with Gasteiger partial charge >= 0.3 is 12.4 Å². The van der Waals surface area contributed by atoms with E-state index in [1.54, 1.807) is 0 Å². The van der Waals surface area contributed by atoms with Crippen molar-refractivity contribution in [2.24, 2.45) is 0 Å². The molecule has 3 atom stereocenters. The number of alkyl halides is 6. The molecule has 3 aromatic rings. The second kappa shape index (κ2) is 12.3. The van der Waals surface area contributed by atoms with Crippen molar-refractivity contribution in [3.05, 3.63) is 95.1 Å². The summed E-state index contributed by atoms with van der Waals surface area (Å²) in [7, 11) is 0. The van der Waals surface area contributed by atoms with E-state index >= 15 is 0 Å². The molecule has 0 radical (unpaired) electrons. The predicted molar refractivity (Wildman–Crippen MR) is 156 cm³/mol. The average Bonchev–Trinajstić information content (AvgIpc) is 3.66. The lowest BCUT2D eigenvalue weighted by atomic mass is 9.90. The number of hydrogen-bond donors (Lipinski definition) is 0. The SMILES string of the molecule is O=C(c1cc(C(F)(F)F)cc(C(F)(F)F)c1)N1CCC(N2CCC3(CCCN3C(=O)c3cnccn3)C2)CC1Cc1ccccc1. The molecule has 13 heteroatoms. The van der Waals surface area contributed by atoms with E-state index in [1.807, 2.05) is 35.2 Å². The number of halogens is 6. The van der Waals surface area contributed by atoms with Crippen LogP contribution in [-0.4, -0.2) is 80.3 Å². The molecule has 2 aromatic carbocycles. The summed E-state index contributed by atoms with van der Waals surface area (Å²) >= 11 is 0. The Hall–Kier alpha value is -4.00. The molecule has 3 unspecified atom stereocenters. The van der Waals surface area contributed by atoms with Gasteiger partial charge in [0.1, 0.15) is 5.69 Å². The highest BCUT2D eigenvalue weighted by molar-refractivity contribution is 5.95. The summed E-state index contributed by atoms with van der Waals surface area (Å²) in [6.07, 6.45) is -1.79. The first-order valence-electron chi connectivity index (χ1n) is 15.3. The molecule has 244 valence electrons. The molecular formula is C33H33F6N5O2. The van der Waals surface area contributed by atoms with Crippen LogP contribution >= 0.6 is 0 Å². The van der Waals surface area contributed by atoms with Gasteiger partial charge in [0.15, 0.2) is 0 Å². The largest absolute Gasteiger partial charge is 0.416 e. The Balaban J connectivity index is 1.24. The van der Waals surface area contributed by atoms with Gasteiger partial charge in [0.2, 0.25) is 0 Å². The molecule has 2 amide bonds. The number of nitrogens with zero attached hydrogens (tertiary/aromatic N) is 5. The van der Waals surface area contributed by atoms with Crippen LogP contribution in [0, 0.1) is 0 Å². The minimum atomic E-state index is -5.05. The Bertz CT molecular complexity index is 1540. The van der Waals surface area contributed by atoms with Crippen molar-refractivity contribution in [3.63, 3.8) is 0 Å². The van der Waals surface area contributed by atoms with E-state index in [4.69, 9.17) is 0 Å². The minimum Gasteiger partial charge on any atom is -0.335 e. The molecule has 0 N–H and O–H groups in total. The van der Waals surface area contributed by atoms with Gasteiger partial charge in [-0.05, 0) is 62.3 Å². The Morgan fingerprint density at radius 2 is 1.59 bits per heavy atom. The molecule has 3 saturated heterocycles. The van der Waals surface area contributed by atoms with Gasteiger partial charge < -0.3 is 9.80 Å². The molecule has 1 aromatic heterocycles. The van der Waals surface area contributed by atoms with Crippen LogP contribution in [0.4, 0.5) is 26.3 Å². The van der Waals surface area contributed by atoms with Crippen LogP contribution in [0.1, 0.15) is 69.6 Å². The van der Waals surface area contributed by atoms with Gasteiger partial charge in [0.05, 0.1) is 22.9 Å². The van der Waals surface area contributed by atoms with Crippen LogP contribution in [0.3, 0.4) is 0 Å². The zero-order chi connectivity index (χ0) is 32.7. The van der Waals surface area contributed by atoms with Gasteiger partial charge in [0, 0.05) is 56.2 Å². The first kappa shape index (κ1) is 32.0. The van der Waals surface area contributed by atoms with Gasteiger partial charge in [-0.25, -0.2) is 4.98 Å². The predicted octanol–water partition coefficient (Wildman–Crippen LogP) is 6.11. The number of aromatic nitrogens is 2. The molecule has 3 aliphatic heterocycles. The minimum absolute atomic E-state index is 0.0125. The van der Waals surface area contributed by atoms with Crippen molar-refractivity contribution in [2.75, 3.05) is 26.2 Å². The number of amides is 2. The van der Waals surface area contributed by atoms with Crippen LogP contribution in [0.5, 0.6) is 0 Å². The van der Waals surface area contributed by atoms with Crippen molar-refractivity contribution in [3.8, 4) is 0 Å². The summed E-state index contributed by atoms with van der Waals surface area (Å²) < 4.78 is 81.6. The second-order valence-corrected chi connectivity index (χ2v) is 12.4. The summed E-state index contributed by atoms with van der Waals surface area (Å²) in [4.78, 5) is 41.1. The van der Waals surface area contributed by atoms with Crippen LogP contribution < -0.4 is 0 Å². The van der Waals surface area contributed by atoms with E-state index in [1.165, 1.54) is 23.5 Å². The third-order valence-electron chi connectivity index (χ3n) is 9.60. The van der Waals surface area contributed by atoms with E-state index < -0.39 is 41.0 Å². The molecule has 0 aliphatic carbocycles. The number of likely N-dealkylation sites (tertiary alicyclic amines) is 3. The van der Waals surface area contributed by atoms with E-state index in [0.29, 0.717) is 50.2 Å². The Morgan fingerprint density at radius 3 is 2.24 bits per heavy atom. The lowest BCUT2D eigenvalue weighted by Crippen LogP contribution is -2.54. The molecule has 0 saturated carbocycles. The summed E-state index contributed by atoms with van der Waals surface area (Å²) in [5.41, 5.74) is -2.83. The molecule has 7 nitrogen and oxygen atoms in total. The van der Waals surface area contributed by atoms with Gasteiger partial charge in [-0.2, -0.15) is 26.3 Å². The second-order valence-electron chi connectivity index (χ2n) is 12.4. The number of carbonyl (C=O) groups excluding carboxylic acids is 2. The number of piperidine rings is 1. The van der Waals surface area contributed by atoms with Gasteiger partial charge in [-0.15, -0.1) is 0 Å². The monoisotopic (exact) mass is 645 g/mol. The van der Waals surface area contributed by atoms with E-state index in [9.17, 15) is 35.9 Å². The average molecular weight is 646 g/mol. The van der Waals surface area contributed by atoms with Crippen LogP contribution in [-0.2, 0) is 18.8 Å². The quantitative estimate of drug-likeness (QED) is 0.314. The number of benzene rings is 2. The molecule has 3 aliphatic rings. The molecular weight excluding hydrogens is 612 g/mol. The Kier molecular flexibility index (Phi) is 8.55. The number of rotatable bonds is 5. The fourth-order valence-electron chi connectivity index (χ4n) is 7.38. The highest BCUT2D eigenvalue weighted by Crippen LogP contribution is 2.41. The first-order chi connectivity index (χ1) is 21.8. The summed E-state index contributed by atoms with van der Waals surface area (Å²) in [6.45, 7) is 2.15. The third-order valence-corrected chi connectivity index (χ3v) is 9.60. The van der Waals surface area contributed by atoms with Crippen molar-refractivity contribution in [2.45, 2.75) is 68.5 Å². The zero-order valence-corrected chi connectivity index (χ0v) is 24.9. The fraction of sp³-hybridized carbons (Fsp3) is 0.455. The molecule has 1 spiro atoms. The topological polar surface area (TPSA) is 69.6 Å². The maximum absolute atomic E-state index is 13.8. The number of carbonyl (C=O) groups is 2. The van der Waals surface area contributed by atoms with Gasteiger partial charge in [-0.3, -0.25) is 19.5 Å². The van der Waals surface area contributed by atoms with Crippen molar-refractivity contribution < 1.29 is 35.9 Å². The smallest absolute Gasteiger partial charge is 0.335 e. The molecule has 3 fully saturated rings. The van der Waals surface area contributed by atoms with Crippen LogP contribution in [0.15, 0.2) is 67.1 Å². The van der Waals surface area contributed by atoms with Crippen molar-refractivity contribution in [1.82, 2.24) is 24.7 Å². The van der Waals surface area contributed by atoms with Crippen LogP contribution in [0.25, 0.3) is 0 Å². The lowest BCUT2D eigenvalue weighted by Gasteiger charge is -2.43. The number of hydrogen-bond acceptors (Lipinski definition) is 5. The van der Waals surface area contributed by atoms with Crippen LogP contribution in [0.2, 0.25) is 0 Å².